The molecule has 2 rings (SSSR count). The lowest BCUT2D eigenvalue weighted by atomic mass is 10.1. The smallest absolute Gasteiger partial charge is 0.0961 e. The summed E-state index contributed by atoms with van der Waals surface area (Å²) in [5.41, 5.74) is 5.86. The molecule has 2 aromatic carbocycles. The van der Waals surface area contributed by atoms with Crippen molar-refractivity contribution in [2.75, 3.05) is 7.05 Å². The van der Waals surface area contributed by atoms with Gasteiger partial charge in [0.05, 0.1) is 34.1 Å². The highest BCUT2D eigenvalue weighted by Gasteiger charge is 2.05. The van der Waals surface area contributed by atoms with Crippen LogP contribution in [-0.2, 0) is 0 Å². The van der Waals surface area contributed by atoms with Crippen molar-refractivity contribution in [2.45, 2.75) is 27.7 Å². The lowest BCUT2D eigenvalue weighted by Gasteiger charge is -2.09. The van der Waals surface area contributed by atoms with Gasteiger partial charge in [0.25, 0.3) is 0 Å². The molecule has 0 fully saturated rings. The van der Waals surface area contributed by atoms with E-state index in [0.717, 1.165) is 33.6 Å². The van der Waals surface area contributed by atoms with Gasteiger partial charge in [-0.05, 0) is 62.1 Å². The van der Waals surface area contributed by atoms with E-state index in [1.165, 1.54) is 0 Å². The van der Waals surface area contributed by atoms with Gasteiger partial charge in [0.1, 0.15) is 0 Å². The maximum atomic E-state index is 6.26. The van der Waals surface area contributed by atoms with Crippen LogP contribution in [0.3, 0.4) is 0 Å². The third-order valence-corrected chi connectivity index (χ3v) is 4.11. The summed E-state index contributed by atoms with van der Waals surface area (Å²) in [5, 5.41) is 1.29. The molecule has 0 aliphatic carbocycles. The number of aliphatic imine (C=N–C) groups is 2. The van der Waals surface area contributed by atoms with Crippen molar-refractivity contribution < 1.29 is 0 Å². The van der Waals surface area contributed by atoms with Crippen molar-refractivity contribution in [3.8, 4) is 0 Å². The van der Waals surface area contributed by atoms with Gasteiger partial charge in [-0.2, -0.15) is 0 Å². The normalized spacial score (nSPS) is 11.6. The lowest BCUT2D eigenvalue weighted by molar-refractivity contribution is 0.801. The van der Waals surface area contributed by atoms with Gasteiger partial charge in [-0.15, -0.1) is 0 Å². The van der Waals surface area contributed by atoms with E-state index in [9.17, 15) is 0 Å². The molecule has 0 spiro atoms. The summed E-state index contributed by atoms with van der Waals surface area (Å²) in [6.45, 7) is 8.02. The molecule has 0 radical (unpaired) electrons. The third-order valence-electron chi connectivity index (χ3n) is 3.53. The van der Waals surface area contributed by atoms with E-state index >= 15 is 0 Å². The highest BCUT2D eigenvalue weighted by atomic mass is 35.5. The Morgan fingerprint density at radius 1 is 0.750 bits per heavy atom. The highest BCUT2D eigenvalue weighted by molar-refractivity contribution is 6.33. The molecule has 126 valence electrons. The maximum absolute atomic E-state index is 6.26. The van der Waals surface area contributed by atoms with Crippen LogP contribution in [0.15, 0.2) is 34.3 Å². The molecule has 0 unspecified atom stereocenters. The zero-order chi connectivity index (χ0) is 17.9. The predicted molar refractivity (Wildman–Crippen MR) is 106 cm³/mol. The van der Waals surface area contributed by atoms with Gasteiger partial charge >= 0.3 is 0 Å². The van der Waals surface area contributed by atoms with Crippen LogP contribution >= 0.6 is 23.2 Å². The number of hydrogen-bond donors (Lipinski definition) is 0. The molecule has 0 aliphatic rings. The quantitative estimate of drug-likeness (QED) is 0.471. The molecule has 0 aromatic heterocycles. The van der Waals surface area contributed by atoms with Crippen LogP contribution in [-0.4, -0.2) is 24.6 Å². The summed E-state index contributed by atoms with van der Waals surface area (Å²) in [6, 6.07) is 7.93. The number of hydrogen-bond acceptors (Lipinski definition) is 2. The van der Waals surface area contributed by atoms with Crippen LogP contribution in [0.4, 0.5) is 11.4 Å². The molecule has 3 nitrogen and oxygen atoms in total. The average molecular weight is 362 g/mol. The number of rotatable bonds is 4. The molecule has 24 heavy (non-hydrogen) atoms. The second kappa shape index (κ2) is 7.82. The van der Waals surface area contributed by atoms with E-state index in [1.807, 2.05) is 46.9 Å². The van der Waals surface area contributed by atoms with Crippen molar-refractivity contribution in [3.05, 3.63) is 56.6 Å². The van der Waals surface area contributed by atoms with Gasteiger partial charge in [0.2, 0.25) is 0 Å². The summed E-state index contributed by atoms with van der Waals surface area (Å²) in [4.78, 5) is 10.7. The van der Waals surface area contributed by atoms with Crippen LogP contribution in [0.5, 0.6) is 0 Å². The van der Waals surface area contributed by atoms with Crippen molar-refractivity contribution in [2.24, 2.45) is 9.98 Å². The molecule has 0 N–H and O–H groups in total. The first-order valence-electron chi connectivity index (χ1n) is 7.61. The molecule has 0 atom stereocenters. The fourth-order valence-corrected chi connectivity index (χ4v) is 3.21. The summed E-state index contributed by atoms with van der Waals surface area (Å²) in [7, 11) is 1.86. The zero-order valence-electron chi connectivity index (χ0n) is 14.6. The number of benzene rings is 2. The number of aryl methyl sites for hydroxylation is 4. The molecular formula is C19H21Cl2N3. The molecule has 0 amide bonds. The Bertz CT molecular complexity index is 697. The standard InChI is InChI=1S/C19H21Cl2N3/c1-12-6-14(3)18(16(20)8-12)22-10-24(5)11-23-19-15(4)7-13(2)9-17(19)21/h6-11H,1-5H3. The van der Waals surface area contributed by atoms with Crippen LogP contribution < -0.4 is 0 Å². The van der Waals surface area contributed by atoms with Gasteiger partial charge in [-0.3, -0.25) is 0 Å². The fraction of sp³-hybridized carbons (Fsp3) is 0.263. The van der Waals surface area contributed by atoms with E-state index in [0.29, 0.717) is 10.0 Å². The predicted octanol–water partition coefficient (Wildman–Crippen LogP) is 6.18. The molecule has 0 saturated heterocycles. The van der Waals surface area contributed by atoms with Gasteiger partial charge in [0.15, 0.2) is 0 Å². The maximum Gasteiger partial charge on any atom is 0.0961 e. The van der Waals surface area contributed by atoms with Crippen LogP contribution in [0.1, 0.15) is 22.3 Å². The minimum absolute atomic E-state index is 0.645. The topological polar surface area (TPSA) is 28.0 Å². The van der Waals surface area contributed by atoms with Crippen molar-refractivity contribution >= 4 is 47.3 Å². The number of halogens is 2. The molecular weight excluding hydrogens is 341 g/mol. The summed E-state index contributed by atoms with van der Waals surface area (Å²) < 4.78 is 0. The minimum Gasteiger partial charge on any atom is -0.326 e. The lowest BCUT2D eigenvalue weighted by Crippen LogP contribution is -2.12. The van der Waals surface area contributed by atoms with Gasteiger partial charge in [-0.25, -0.2) is 9.98 Å². The van der Waals surface area contributed by atoms with Crippen molar-refractivity contribution in [1.29, 1.82) is 0 Å². The summed E-state index contributed by atoms with van der Waals surface area (Å²) in [6.07, 6.45) is 3.37. The number of nitrogens with zero attached hydrogens (tertiary/aromatic N) is 3. The molecule has 2 aromatic rings. The molecule has 0 aliphatic heterocycles. The van der Waals surface area contributed by atoms with E-state index in [1.54, 1.807) is 17.6 Å². The van der Waals surface area contributed by atoms with Crippen LogP contribution in [0, 0.1) is 27.7 Å². The minimum atomic E-state index is 0.645. The fourth-order valence-electron chi connectivity index (χ4n) is 2.47. The second-order valence-electron chi connectivity index (χ2n) is 5.98. The first-order valence-corrected chi connectivity index (χ1v) is 8.37. The summed E-state index contributed by atoms with van der Waals surface area (Å²) in [5.74, 6) is 0. The van der Waals surface area contributed by atoms with Gasteiger partial charge in [-0.1, -0.05) is 35.3 Å². The first kappa shape index (κ1) is 18.5. The SMILES string of the molecule is Cc1cc(C)c(N=CN(C)C=Nc2c(C)cc(C)cc2Cl)c(Cl)c1. The Morgan fingerprint density at radius 3 is 1.46 bits per heavy atom. The third kappa shape index (κ3) is 4.59. The monoisotopic (exact) mass is 361 g/mol. The van der Waals surface area contributed by atoms with E-state index in [-0.39, 0.29) is 0 Å². The molecule has 0 bridgehead atoms. The molecule has 0 heterocycles. The van der Waals surface area contributed by atoms with Gasteiger partial charge < -0.3 is 4.90 Å². The van der Waals surface area contributed by atoms with Crippen LogP contribution in [0.2, 0.25) is 10.0 Å². The largest absolute Gasteiger partial charge is 0.326 e. The highest BCUT2D eigenvalue weighted by Crippen LogP contribution is 2.30. The van der Waals surface area contributed by atoms with Crippen molar-refractivity contribution in [3.63, 3.8) is 0 Å². The van der Waals surface area contributed by atoms with Crippen LogP contribution in [0.25, 0.3) is 0 Å². The van der Waals surface area contributed by atoms with E-state index < -0.39 is 0 Å². The Morgan fingerprint density at radius 2 is 1.12 bits per heavy atom. The van der Waals surface area contributed by atoms with Gasteiger partial charge in [0, 0.05) is 7.05 Å². The van der Waals surface area contributed by atoms with E-state index in [4.69, 9.17) is 23.2 Å². The summed E-state index contributed by atoms with van der Waals surface area (Å²) >= 11 is 12.5. The Labute approximate surface area is 153 Å². The second-order valence-corrected chi connectivity index (χ2v) is 6.79. The molecule has 5 heteroatoms. The Balaban J connectivity index is 2.18. The Kier molecular flexibility index (Phi) is 6.03. The Hall–Kier alpha value is -1.84. The van der Waals surface area contributed by atoms with E-state index in [2.05, 4.69) is 22.1 Å². The molecule has 0 saturated carbocycles. The average Bonchev–Trinajstić information content (AvgIpc) is 2.44. The first-order chi connectivity index (χ1) is 11.3. The van der Waals surface area contributed by atoms with Crippen molar-refractivity contribution in [1.82, 2.24) is 4.90 Å². The zero-order valence-corrected chi connectivity index (χ0v) is 16.1.